The minimum absolute atomic E-state index is 0.317. The van der Waals surface area contributed by atoms with Gasteiger partial charge >= 0.3 is 0 Å². The third-order valence-electron chi connectivity index (χ3n) is 7.39. The number of allylic oxidation sites excluding steroid dienone is 4. The van der Waals surface area contributed by atoms with Crippen LogP contribution < -0.4 is 0 Å². The molecule has 0 saturated carbocycles. The number of benzene rings is 3. The number of fused-ring (bicyclic) bond motifs is 3. The molecule has 2 aliphatic rings. The number of aryl methyl sites for hydroxylation is 2. The molecule has 34 heavy (non-hydrogen) atoms. The normalized spacial score (nSPS) is 21.0. The zero-order chi connectivity index (χ0) is 23.7. The van der Waals surface area contributed by atoms with E-state index < -0.39 is 0 Å². The quantitative estimate of drug-likeness (QED) is 0.194. The summed E-state index contributed by atoms with van der Waals surface area (Å²) < 4.78 is 1.13. The van der Waals surface area contributed by atoms with Crippen molar-refractivity contribution in [1.82, 2.24) is 0 Å². The second-order valence-corrected chi connectivity index (χ2v) is 11.9. The molecule has 0 amide bonds. The van der Waals surface area contributed by atoms with Crippen LogP contribution in [0.3, 0.4) is 0 Å². The number of hydrogen-bond acceptors (Lipinski definition) is 0. The SMILES string of the molecule is CCCCCCc1cccc(C2(c3cccc(C)c3)C3=CC(Br)CC=C3c3ccc(Br)cc32)c1. The van der Waals surface area contributed by atoms with Crippen molar-refractivity contribution >= 4 is 37.4 Å². The van der Waals surface area contributed by atoms with Crippen LogP contribution in [0.5, 0.6) is 0 Å². The van der Waals surface area contributed by atoms with Crippen LogP contribution in [0.15, 0.2) is 88.9 Å². The fraction of sp³-hybridized carbons (Fsp3) is 0.312. The van der Waals surface area contributed by atoms with Gasteiger partial charge in [-0.1, -0.05) is 130 Å². The van der Waals surface area contributed by atoms with Crippen molar-refractivity contribution in [3.8, 4) is 0 Å². The molecule has 0 nitrogen and oxygen atoms in total. The standard InChI is InChI=1S/C32H32Br2/c1-3-4-5-6-10-23-11-8-13-25(19-23)32(24-12-7-9-22(2)18-24)30-20-26(33)14-16-28(30)29-17-15-27(34)21-31(29)32/h7-9,11-14,16-21,27H,3-6,10,15H2,1-2H3. The molecule has 0 N–H and O–H groups in total. The molecule has 0 radical (unpaired) electrons. The predicted molar refractivity (Wildman–Crippen MR) is 153 cm³/mol. The van der Waals surface area contributed by atoms with Gasteiger partial charge in [0.15, 0.2) is 0 Å². The highest BCUT2D eigenvalue weighted by atomic mass is 79.9. The molecule has 0 spiro atoms. The maximum absolute atomic E-state index is 3.93. The van der Waals surface area contributed by atoms with E-state index in [1.165, 1.54) is 70.2 Å². The molecule has 3 aromatic rings. The van der Waals surface area contributed by atoms with Crippen molar-refractivity contribution in [2.45, 2.75) is 62.6 Å². The second-order valence-electron chi connectivity index (χ2n) is 9.77. The van der Waals surface area contributed by atoms with Crippen LogP contribution in [0.1, 0.15) is 72.4 Å². The third kappa shape index (κ3) is 4.18. The van der Waals surface area contributed by atoms with E-state index in [0.717, 1.165) is 17.3 Å². The monoisotopic (exact) mass is 574 g/mol. The maximum Gasteiger partial charge on any atom is 0.0711 e. The first kappa shape index (κ1) is 23.8. The van der Waals surface area contributed by atoms with Crippen molar-refractivity contribution in [2.75, 3.05) is 0 Å². The summed E-state index contributed by atoms with van der Waals surface area (Å²) in [6, 6.07) is 25.4. The van der Waals surface area contributed by atoms with Crippen LogP contribution in [-0.2, 0) is 11.8 Å². The fourth-order valence-corrected chi connectivity index (χ4v) is 6.66. The average molecular weight is 576 g/mol. The van der Waals surface area contributed by atoms with E-state index in [4.69, 9.17) is 0 Å². The van der Waals surface area contributed by atoms with Gasteiger partial charge in [0.05, 0.1) is 5.41 Å². The zero-order valence-corrected chi connectivity index (χ0v) is 23.3. The van der Waals surface area contributed by atoms with Gasteiger partial charge in [-0.15, -0.1) is 0 Å². The van der Waals surface area contributed by atoms with Crippen molar-refractivity contribution in [2.24, 2.45) is 0 Å². The molecule has 2 aliphatic carbocycles. The maximum atomic E-state index is 3.93. The summed E-state index contributed by atoms with van der Waals surface area (Å²) in [6.45, 7) is 4.49. The van der Waals surface area contributed by atoms with Gasteiger partial charge in [-0.25, -0.2) is 0 Å². The van der Waals surface area contributed by atoms with Gasteiger partial charge < -0.3 is 0 Å². The Morgan fingerprint density at radius 2 is 1.71 bits per heavy atom. The number of halogens is 2. The summed E-state index contributed by atoms with van der Waals surface area (Å²) in [7, 11) is 0. The van der Waals surface area contributed by atoms with Gasteiger partial charge in [0.25, 0.3) is 0 Å². The number of rotatable bonds is 7. The minimum Gasteiger partial charge on any atom is -0.0842 e. The van der Waals surface area contributed by atoms with Crippen LogP contribution in [0.25, 0.3) is 5.57 Å². The van der Waals surface area contributed by atoms with Gasteiger partial charge in [-0.3, -0.25) is 0 Å². The van der Waals surface area contributed by atoms with E-state index in [-0.39, 0.29) is 5.41 Å². The number of hydrogen-bond donors (Lipinski definition) is 0. The third-order valence-corrected chi connectivity index (χ3v) is 8.53. The van der Waals surface area contributed by atoms with Crippen molar-refractivity contribution in [3.63, 3.8) is 0 Å². The molecule has 0 aromatic heterocycles. The summed E-state index contributed by atoms with van der Waals surface area (Å²) >= 11 is 7.73. The molecule has 174 valence electrons. The first-order valence-electron chi connectivity index (χ1n) is 12.6. The first-order chi connectivity index (χ1) is 16.5. The lowest BCUT2D eigenvalue weighted by molar-refractivity contribution is 0.665. The van der Waals surface area contributed by atoms with Gasteiger partial charge in [-0.05, 0) is 77.3 Å². The Hall–Kier alpha value is -1.90. The van der Waals surface area contributed by atoms with E-state index in [2.05, 4.69) is 125 Å². The predicted octanol–water partition coefficient (Wildman–Crippen LogP) is 9.71. The van der Waals surface area contributed by atoms with Gasteiger partial charge in [0.1, 0.15) is 0 Å². The molecule has 2 atom stereocenters. The van der Waals surface area contributed by atoms with Gasteiger partial charge in [-0.2, -0.15) is 0 Å². The highest BCUT2D eigenvalue weighted by Crippen LogP contribution is 2.59. The van der Waals surface area contributed by atoms with Crippen LogP contribution in [-0.4, -0.2) is 4.83 Å². The Labute approximate surface area is 221 Å². The van der Waals surface area contributed by atoms with Crippen molar-refractivity contribution in [3.05, 3.63) is 122 Å². The lowest BCUT2D eigenvalue weighted by Crippen LogP contribution is -2.30. The van der Waals surface area contributed by atoms with E-state index >= 15 is 0 Å². The zero-order valence-electron chi connectivity index (χ0n) is 20.1. The van der Waals surface area contributed by atoms with Gasteiger partial charge in [0.2, 0.25) is 0 Å². The summed E-state index contributed by atoms with van der Waals surface area (Å²) in [6.07, 6.45) is 12.2. The molecule has 2 heteroatoms. The Morgan fingerprint density at radius 3 is 2.50 bits per heavy atom. The Kier molecular flexibility index (Phi) is 7.00. The number of unbranched alkanes of at least 4 members (excludes halogenated alkanes) is 3. The van der Waals surface area contributed by atoms with E-state index in [1.807, 2.05) is 0 Å². The lowest BCUT2D eigenvalue weighted by Gasteiger charge is -2.36. The van der Waals surface area contributed by atoms with E-state index in [9.17, 15) is 0 Å². The molecule has 0 fully saturated rings. The highest BCUT2D eigenvalue weighted by Gasteiger charge is 2.49. The molecule has 2 unspecified atom stereocenters. The van der Waals surface area contributed by atoms with Crippen LogP contribution in [0.4, 0.5) is 0 Å². The van der Waals surface area contributed by atoms with Crippen molar-refractivity contribution in [1.29, 1.82) is 0 Å². The first-order valence-corrected chi connectivity index (χ1v) is 14.3. The van der Waals surface area contributed by atoms with E-state index in [1.54, 1.807) is 0 Å². The summed E-state index contributed by atoms with van der Waals surface area (Å²) in [5.41, 5.74) is 10.7. The molecule has 0 saturated heterocycles. The topological polar surface area (TPSA) is 0 Å². The fourth-order valence-electron chi connectivity index (χ4n) is 5.85. The van der Waals surface area contributed by atoms with E-state index in [0.29, 0.717) is 4.83 Å². The molecule has 5 rings (SSSR count). The largest absolute Gasteiger partial charge is 0.0842 e. The molecule has 0 aliphatic heterocycles. The average Bonchev–Trinajstić information content (AvgIpc) is 3.11. The summed E-state index contributed by atoms with van der Waals surface area (Å²) in [4.78, 5) is 0.352. The molecule has 3 aromatic carbocycles. The summed E-state index contributed by atoms with van der Waals surface area (Å²) in [5.74, 6) is 0. The van der Waals surface area contributed by atoms with Crippen molar-refractivity contribution < 1.29 is 0 Å². The van der Waals surface area contributed by atoms with Crippen LogP contribution >= 0.6 is 31.9 Å². The molecule has 0 heterocycles. The Morgan fingerprint density at radius 1 is 0.912 bits per heavy atom. The Bertz CT molecular complexity index is 1270. The second kappa shape index (κ2) is 9.99. The minimum atomic E-state index is -0.317. The summed E-state index contributed by atoms with van der Waals surface area (Å²) in [5, 5.41) is 0. The smallest absolute Gasteiger partial charge is 0.0711 e. The van der Waals surface area contributed by atoms with Crippen LogP contribution in [0, 0.1) is 6.92 Å². The number of alkyl halides is 1. The Balaban J connectivity index is 1.77. The highest BCUT2D eigenvalue weighted by molar-refractivity contribution is 9.10. The van der Waals surface area contributed by atoms with Crippen LogP contribution in [0.2, 0.25) is 0 Å². The molecular weight excluding hydrogens is 544 g/mol. The molecule has 0 bridgehead atoms. The van der Waals surface area contributed by atoms with Gasteiger partial charge in [0, 0.05) is 9.30 Å². The molecular formula is C32H32Br2. The lowest BCUT2D eigenvalue weighted by atomic mass is 9.66.